The van der Waals surface area contributed by atoms with Crippen LogP contribution in [-0.4, -0.2) is 24.1 Å². The molecule has 0 spiro atoms. The molecule has 0 unspecified atom stereocenters. The SMILES string of the molecule is COc1cccc(/C=C(\C#N)C(=O)Nc2ccccc2C(=O)O)c1OCc1c(F)cccc1Cl. The molecule has 0 radical (unpaired) electrons. The molecule has 7 nitrogen and oxygen atoms in total. The summed E-state index contributed by atoms with van der Waals surface area (Å²) in [5.41, 5.74) is 0.0403. The Labute approximate surface area is 199 Å². The lowest BCUT2D eigenvalue weighted by molar-refractivity contribution is -0.112. The summed E-state index contributed by atoms with van der Waals surface area (Å²) in [6.45, 7) is -0.229. The second kappa shape index (κ2) is 11.0. The Morgan fingerprint density at radius 3 is 2.56 bits per heavy atom. The van der Waals surface area contributed by atoms with Crippen LogP contribution in [0.1, 0.15) is 21.5 Å². The third-order valence-electron chi connectivity index (χ3n) is 4.72. The van der Waals surface area contributed by atoms with Crippen LogP contribution >= 0.6 is 11.6 Å². The number of carboxylic acid groups (broad SMARTS) is 1. The number of carbonyl (C=O) groups is 2. The van der Waals surface area contributed by atoms with E-state index in [1.165, 1.54) is 49.6 Å². The average Bonchev–Trinajstić information content (AvgIpc) is 2.82. The minimum absolute atomic E-state index is 0.0393. The van der Waals surface area contributed by atoms with Crippen molar-refractivity contribution in [3.63, 3.8) is 0 Å². The number of carbonyl (C=O) groups excluding carboxylic acids is 1. The molecule has 1 amide bonds. The maximum absolute atomic E-state index is 14.2. The fraction of sp³-hybridized carbons (Fsp3) is 0.0800. The van der Waals surface area contributed by atoms with E-state index in [4.69, 9.17) is 21.1 Å². The van der Waals surface area contributed by atoms with Gasteiger partial charge in [0.05, 0.1) is 23.4 Å². The highest BCUT2D eigenvalue weighted by Gasteiger charge is 2.18. The third kappa shape index (κ3) is 5.52. The summed E-state index contributed by atoms with van der Waals surface area (Å²) in [5.74, 6) is -2.14. The van der Waals surface area contributed by atoms with Crippen molar-refractivity contribution in [1.82, 2.24) is 0 Å². The summed E-state index contributed by atoms with van der Waals surface area (Å²) >= 11 is 6.07. The van der Waals surface area contributed by atoms with Gasteiger partial charge in [-0.25, -0.2) is 9.18 Å². The summed E-state index contributed by atoms with van der Waals surface area (Å²) in [4.78, 5) is 24.1. The molecule has 9 heteroatoms. The molecule has 0 heterocycles. The number of benzene rings is 3. The number of rotatable bonds is 8. The van der Waals surface area contributed by atoms with Crippen LogP contribution in [0.25, 0.3) is 6.08 Å². The van der Waals surface area contributed by atoms with E-state index in [1.807, 2.05) is 0 Å². The number of nitriles is 1. The van der Waals surface area contributed by atoms with Gasteiger partial charge in [-0.3, -0.25) is 4.79 Å². The number of halogens is 2. The smallest absolute Gasteiger partial charge is 0.337 e. The van der Waals surface area contributed by atoms with E-state index in [2.05, 4.69) is 5.32 Å². The number of para-hydroxylation sites is 2. The Morgan fingerprint density at radius 1 is 1.15 bits per heavy atom. The number of anilines is 1. The van der Waals surface area contributed by atoms with Gasteiger partial charge in [0.2, 0.25) is 0 Å². The maximum atomic E-state index is 14.2. The third-order valence-corrected chi connectivity index (χ3v) is 5.08. The van der Waals surface area contributed by atoms with Gasteiger partial charge in [0.25, 0.3) is 5.91 Å². The minimum atomic E-state index is -1.23. The van der Waals surface area contributed by atoms with E-state index in [-0.39, 0.29) is 45.5 Å². The van der Waals surface area contributed by atoms with Gasteiger partial charge in [0.15, 0.2) is 11.5 Å². The fourth-order valence-electron chi connectivity index (χ4n) is 3.05. The number of nitrogens with one attached hydrogen (secondary N) is 1. The van der Waals surface area contributed by atoms with Crippen molar-refractivity contribution in [2.75, 3.05) is 12.4 Å². The normalized spacial score (nSPS) is 10.8. The molecule has 0 saturated heterocycles. The molecule has 0 bridgehead atoms. The van der Waals surface area contributed by atoms with Crippen LogP contribution in [-0.2, 0) is 11.4 Å². The molecule has 0 fully saturated rings. The maximum Gasteiger partial charge on any atom is 0.337 e. The molecule has 34 heavy (non-hydrogen) atoms. The van der Waals surface area contributed by atoms with Crippen molar-refractivity contribution in [3.8, 4) is 17.6 Å². The average molecular weight is 481 g/mol. The van der Waals surface area contributed by atoms with Gasteiger partial charge >= 0.3 is 5.97 Å². The van der Waals surface area contributed by atoms with E-state index in [1.54, 1.807) is 30.3 Å². The predicted octanol–water partition coefficient (Wildman–Crippen LogP) is 5.31. The number of carboxylic acids is 1. The monoisotopic (exact) mass is 480 g/mol. The Kier molecular flexibility index (Phi) is 7.85. The van der Waals surface area contributed by atoms with Gasteiger partial charge in [-0.05, 0) is 36.4 Å². The molecule has 3 aromatic carbocycles. The lowest BCUT2D eigenvalue weighted by Crippen LogP contribution is -2.16. The van der Waals surface area contributed by atoms with Crippen molar-refractivity contribution < 1.29 is 28.6 Å². The topological polar surface area (TPSA) is 109 Å². The zero-order valence-corrected chi connectivity index (χ0v) is 18.6. The van der Waals surface area contributed by atoms with Crippen LogP contribution < -0.4 is 14.8 Å². The molecule has 0 atom stereocenters. The first-order valence-electron chi connectivity index (χ1n) is 9.83. The second-order valence-corrected chi connectivity index (χ2v) is 7.25. The number of methoxy groups -OCH3 is 1. The van der Waals surface area contributed by atoms with Crippen LogP contribution in [0.5, 0.6) is 11.5 Å². The summed E-state index contributed by atoms with van der Waals surface area (Å²) in [7, 11) is 1.41. The van der Waals surface area contributed by atoms with Crippen molar-refractivity contribution in [2.24, 2.45) is 0 Å². The van der Waals surface area contributed by atoms with Crippen LogP contribution in [0.15, 0.2) is 66.2 Å². The first-order chi connectivity index (χ1) is 16.3. The van der Waals surface area contributed by atoms with E-state index < -0.39 is 17.7 Å². The van der Waals surface area contributed by atoms with Crippen LogP contribution in [0, 0.1) is 17.1 Å². The number of nitrogens with zero attached hydrogens (tertiary/aromatic N) is 1. The molecule has 0 saturated carbocycles. The fourth-order valence-corrected chi connectivity index (χ4v) is 3.27. The van der Waals surface area contributed by atoms with Crippen LogP contribution in [0.3, 0.4) is 0 Å². The summed E-state index contributed by atoms with van der Waals surface area (Å²) < 4.78 is 25.3. The molecule has 0 aromatic heterocycles. The van der Waals surface area contributed by atoms with Crippen molar-refractivity contribution in [1.29, 1.82) is 5.26 Å². The van der Waals surface area contributed by atoms with Gasteiger partial charge in [0, 0.05) is 11.1 Å². The minimum Gasteiger partial charge on any atom is -0.493 e. The molecule has 3 rings (SSSR count). The second-order valence-electron chi connectivity index (χ2n) is 6.84. The highest BCUT2D eigenvalue weighted by Crippen LogP contribution is 2.34. The molecule has 0 aliphatic carbocycles. The Hall–Kier alpha value is -4.35. The number of amides is 1. The van der Waals surface area contributed by atoms with E-state index in [0.717, 1.165) is 0 Å². The van der Waals surface area contributed by atoms with Crippen molar-refractivity contribution in [3.05, 3.63) is 93.8 Å². The molecule has 3 aromatic rings. The first kappa shape index (κ1) is 24.3. The van der Waals surface area contributed by atoms with Crippen LogP contribution in [0.4, 0.5) is 10.1 Å². The quantitative estimate of drug-likeness (QED) is 0.334. The molecular formula is C25H18ClFN2O5. The molecule has 0 aliphatic rings. The highest BCUT2D eigenvalue weighted by atomic mass is 35.5. The van der Waals surface area contributed by atoms with Gasteiger partial charge in [-0.2, -0.15) is 5.26 Å². The highest BCUT2D eigenvalue weighted by molar-refractivity contribution is 6.31. The number of hydrogen-bond acceptors (Lipinski definition) is 5. The van der Waals surface area contributed by atoms with Crippen LogP contribution in [0.2, 0.25) is 5.02 Å². The molecule has 2 N–H and O–H groups in total. The predicted molar refractivity (Wildman–Crippen MR) is 124 cm³/mol. The largest absolute Gasteiger partial charge is 0.493 e. The number of ether oxygens (including phenoxy) is 2. The number of hydrogen-bond donors (Lipinski definition) is 2. The van der Waals surface area contributed by atoms with E-state index in [0.29, 0.717) is 5.56 Å². The first-order valence-corrected chi connectivity index (χ1v) is 10.2. The number of aromatic carboxylic acids is 1. The standard InChI is InChI=1S/C25H18ClFN2O5/c1-33-22-11-4-6-15(23(22)34-14-18-19(26)8-5-9-20(18)27)12-16(13-28)24(30)29-21-10-3-2-7-17(21)25(31)32/h2-12H,14H2,1H3,(H,29,30)(H,31,32)/b16-12+. The van der Waals surface area contributed by atoms with Crippen molar-refractivity contribution in [2.45, 2.75) is 6.61 Å². The van der Waals surface area contributed by atoms with Gasteiger partial charge in [-0.15, -0.1) is 0 Å². The van der Waals surface area contributed by atoms with Gasteiger partial charge in [-0.1, -0.05) is 41.9 Å². The molecule has 0 aliphatic heterocycles. The summed E-state index contributed by atoms with van der Waals surface area (Å²) in [5, 5.41) is 21.5. The Balaban J connectivity index is 1.94. The Bertz CT molecular complexity index is 1300. The zero-order valence-electron chi connectivity index (χ0n) is 17.8. The Morgan fingerprint density at radius 2 is 1.88 bits per heavy atom. The van der Waals surface area contributed by atoms with Crippen molar-refractivity contribution >= 4 is 35.2 Å². The van der Waals surface area contributed by atoms with Gasteiger partial charge in [0.1, 0.15) is 24.1 Å². The molecular weight excluding hydrogens is 463 g/mol. The zero-order chi connectivity index (χ0) is 24.7. The van der Waals surface area contributed by atoms with E-state index >= 15 is 0 Å². The lowest BCUT2D eigenvalue weighted by Gasteiger charge is -2.15. The van der Waals surface area contributed by atoms with E-state index in [9.17, 15) is 24.3 Å². The summed E-state index contributed by atoms with van der Waals surface area (Å²) in [6.07, 6.45) is 1.26. The van der Waals surface area contributed by atoms with Gasteiger partial charge < -0.3 is 19.9 Å². The lowest BCUT2D eigenvalue weighted by atomic mass is 10.1. The summed E-state index contributed by atoms with van der Waals surface area (Å²) in [6, 6.07) is 16.7. The molecule has 172 valence electrons.